The molecule has 1 aliphatic heterocycles. The zero-order valence-electron chi connectivity index (χ0n) is 22.3. The Morgan fingerprint density at radius 3 is 2.24 bits per heavy atom. The van der Waals surface area contributed by atoms with Crippen molar-refractivity contribution in [3.8, 4) is 40.2 Å². The van der Waals surface area contributed by atoms with Gasteiger partial charge in [-0.2, -0.15) is 0 Å². The van der Waals surface area contributed by atoms with Crippen LogP contribution in [-0.2, 0) is 13.0 Å². The minimum absolute atomic E-state index is 0.0153. The molecule has 2 aliphatic rings. The van der Waals surface area contributed by atoms with Gasteiger partial charge in [-0.05, 0) is 71.3 Å². The van der Waals surface area contributed by atoms with E-state index in [4.69, 9.17) is 14.2 Å². The fraction of sp³-hybridized carbons (Fsp3) is 0.394. The van der Waals surface area contributed by atoms with Crippen LogP contribution in [0.25, 0.3) is 11.1 Å². The van der Waals surface area contributed by atoms with Gasteiger partial charge < -0.3 is 14.2 Å². The first-order chi connectivity index (χ1) is 18.2. The number of hydrogen-bond acceptors (Lipinski definition) is 4. The summed E-state index contributed by atoms with van der Waals surface area (Å²) in [5, 5.41) is 0. The van der Waals surface area contributed by atoms with Gasteiger partial charge in [-0.25, -0.2) is 0 Å². The summed E-state index contributed by atoms with van der Waals surface area (Å²) in [5.74, 6) is 10.4. The number of ether oxygens (including phenoxy) is 3. The van der Waals surface area contributed by atoms with Crippen LogP contribution in [0.2, 0.25) is 0 Å². The molecule has 0 amide bonds. The lowest BCUT2D eigenvalue weighted by Crippen LogP contribution is -2.31. The van der Waals surface area contributed by atoms with Crippen molar-refractivity contribution < 1.29 is 14.2 Å². The van der Waals surface area contributed by atoms with Crippen molar-refractivity contribution in [3.05, 3.63) is 77.4 Å². The lowest BCUT2D eigenvalue weighted by Gasteiger charge is -2.33. The number of hydrogen-bond donors (Lipinski definition) is 0. The van der Waals surface area contributed by atoms with Crippen molar-refractivity contribution in [2.45, 2.75) is 51.1 Å². The Labute approximate surface area is 221 Å². The number of nitrogens with zero attached hydrogens (tertiary/aromatic N) is 1. The van der Waals surface area contributed by atoms with Crippen LogP contribution in [0.3, 0.4) is 0 Å². The summed E-state index contributed by atoms with van der Waals surface area (Å²) in [6, 6.07) is 21.5. The third-order valence-electron chi connectivity index (χ3n) is 7.76. The predicted octanol–water partition coefficient (Wildman–Crippen LogP) is 7.06. The Bertz CT molecular complexity index is 1260. The summed E-state index contributed by atoms with van der Waals surface area (Å²) in [5.41, 5.74) is 6.22. The molecule has 0 aromatic heterocycles. The fourth-order valence-corrected chi connectivity index (χ4v) is 5.70. The van der Waals surface area contributed by atoms with Crippen molar-refractivity contribution in [1.82, 2.24) is 4.90 Å². The Hall–Kier alpha value is -3.42. The van der Waals surface area contributed by atoms with E-state index in [9.17, 15) is 0 Å². The lowest BCUT2D eigenvalue weighted by molar-refractivity contribution is 0.230. The van der Waals surface area contributed by atoms with Gasteiger partial charge >= 0.3 is 0 Å². The van der Waals surface area contributed by atoms with Gasteiger partial charge in [0.1, 0.15) is 5.75 Å². The molecule has 3 aromatic rings. The second kappa shape index (κ2) is 11.8. The van der Waals surface area contributed by atoms with Crippen LogP contribution in [0.15, 0.2) is 60.7 Å². The third-order valence-corrected chi connectivity index (χ3v) is 7.76. The average molecular weight is 496 g/mol. The fourth-order valence-electron chi connectivity index (χ4n) is 5.70. The molecule has 0 bridgehead atoms. The van der Waals surface area contributed by atoms with Crippen LogP contribution in [-0.4, -0.2) is 32.8 Å². The first-order valence-corrected chi connectivity index (χ1v) is 13.4. The van der Waals surface area contributed by atoms with E-state index in [0.29, 0.717) is 5.92 Å². The van der Waals surface area contributed by atoms with E-state index in [1.807, 2.05) is 12.1 Å². The molecule has 1 fully saturated rings. The molecular formula is C33H37NO3. The Kier molecular flexibility index (Phi) is 8.02. The summed E-state index contributed by atoms with van der Waals surface area (Å²) in [7, 11) is 5.12. The molecular weight excluding hydrogens is 458 g/mol. The van der Waals surface area contributed by atoms with Crippen LogP contribution in [0.1, 0.15) is 54.8 Å². The van der Waals surface area contributed by atoms with E-state index in [2.05, 4.69) is 65.3 Å². The van der Waals surface area contributed by atoms with Crippen molar-refractivity contribution >= 4 is 0 Å². The monoisotopic (exact) mass is 495 g/mol. The van der Waals surface area contributed by atoms with E-state index >= 15 is 0 Å². The normalized spacial score (nSPS) is 17.9. The molecule has 1 atom stereocenters. The Morgan fingerprint density at radius 1 is 0.784 bits per heavy atom. The highest BCUT2D eigenvalue weighted by molar-refractivity contribution is 5.75. The van der Waals surface area contributed by atoms with Crippen LogP contribution in [0.5, 0.6) is 17.2 Å². The highest BCUT2D eigenvalue weighted by Gasteiger charge is 2.27. The zero-order chi connectivity index (χ0) is 25.6. The van der Waals surface area contributed by atoms with Crippen LogP contribution in [0, 0.1) is 17.8 Å². The molecule has 1 unspecified atom stereocenters. The molecule has 4 heteroatoms. The topological polar surface area (TPSA) is 30.9 Å². The van der Waals surface area contributed by atoms with E-state index in [0.717, 1.165) is 36.8 Å². The smallest absolute Gasteiger partial charge is 0.161 e. The maximum absolute atomic E-state index is 5.69. The Morgan fingerprint density at radius 2 is 1.51 bits per heavy atom. The predicted molar refractivity (Wildman–Crippen MR) is 149 cm³/mol. The Balaban J connectivity index is 1.60. The molecule has 0 radical (unpaired) electrons. The first kappa shape index (κ1) is 25.2. The number of rotatable bonds is 5. The maximum Gasteiger partial charge on any atom is 0.161 e. The van der Waals surface area contributed by atoms with Crippen molar-refractivity contribution in [2.24, 2.45) is 5.92 Å². The summed E-state index contributed by atoms with van der Waals surface area (Å²) in [4.78, 5) is 2.54. The molecule has 5 rings (SSSR count). The molecule has 1 aliphatic carbocycles. The van der Waals surface area contributed by atoms with E-state index < -0.39 is 0 Å². The van der Waals surface area contributed by atoms with Gasteiger partial charge in [0.15, 0.2) is 11.5 Å². The van der Waals surface area contributed by atoms with E-state index in [1.54, 1.807) is 21.3 Å². The van der Waals surface area contributed by atoms with E-state index in [-0.39, 0.29) is 6.04 Å². The SMILES string of the molecule is COc1ccc(CN2CCc3cc(OC)c(OC)cc3-c3ccccc3C2C#CC2CCCCC2)cc1. The van der Waals surface area contributed by atoms with Gasteiger partial charge in [-0.15, -0.1) is 0 Å². The van der Waals surface area contributed by atoms with Gasteiger partial charge in [-0.3, -0.25) is 4.90 Å². The van der Waals surface area contributed by atoms with E-state index in [1.165, 1.54) is 59.9 Å². The van der Waals surface area contributed by atoms with Crippen LogP contribution < -0.4 is 14.2 Å². The van der Waals surface area contributed by atoms with Crippen molar-refractivity contribution in [2.75, 3.05) is 27.9 Å². The summed E-state index contributed by atoms with van der Waals surface area (Å²) < 4.78 is 16.7. The number of benzene rings is 3. The molecule has 0 N–H and O–H groups in total. The van der Waals surface area contributed by atoms with Gasteiger partial charge in [0.25, 0.3) is 0 Å². The quantitative estimate of drug-likeness (QED) is 0.355. The lowest BCUT2D eigenvalue weighted by atomic mass is 9.86. The highest BCUT2D eigenvalue weighted by Crippen LogP contribution is 2.41. The summed E-state index contributed by atoms with van der Waals surface area (Å²) in [6.07, 6.45) is 7.29. The first-order valence-electron chi connectivity index (χ1n) is 13.4. The van der Waals surface area contributed by atoms with Gasteiger partial charge in [0.2, 0.25) is 0 Å². The maximum atomic E-state index is 5.69. The molecule has 1 heterocycles. The van der Waals surface area contributed by atoms with Crippen molar-refractivity contribution in [3.63, 3.8) is 0 Å². The molecule has 37 heavy (non-hydrogen) atoms. The van der Waals surface area contributed by atoms with Crippen molar-refractivity contribution in [1.29, 1.82) is 0 Å². The summed E-state index contributed by atoms with van der Waals surface area (Å²) >= 11 is 0. The van der Waals surface area contributed by atoms with Gasteiger partial charge in [0, 0.05) is 19.0 Å². The third kappa shape index (κ3) is 5.63. The zero-order valence-corrected chi connectivity index (χ0v) is 22.3. The number of fused-ring (bicyclic) bond motifs is 3. The van der Waals surface area contributed by atoms with Gasteiger partial charge in [0.05, 0.1) is 27.4 Å². The molecule has 4 nitrogen and oxygen atoms in total. The van der Waals surface area contributed by atoms with Crippen LogP contribution in [0.4, 0.5) is 0 Å². The standard InChI is InChI=1S/C33H37NO3/c1-35-27-16-13-25(14-17-27)23-34-20-19-26-21-32(36-2)33(37-3)22-30(26)28-11-7-8-12-29(28)31(34)18-15-24-9-5-4-6-10-24/h7-8,11-14,16-17,21-22,24,31H,4-6,9-10,19-20,23H2,1-3H3. The van der Waals surface area contributed by atoms with Crippen LogP contribution >= 0.6 is 0 Å². The molecule has 0 spiro atoms. The highest BCUT2D eigenvalue weighted by atomic mass is 16.5. The molecule has 1 saturated carbocycles. The summed E-state index contributed by atoms with van der Waals surface area (Å²) in [6.45, 7) is 1.72. The largest absolute Gasteiger partial charge is 0.497 e. The molecule has 0 saturated heterocycles. The minimum Gasteiger partial charge on any atom is -0.497 e. The number of methoxy groups -OCH3 is 3. The average Bonchev–Trinajstić information content (AvgIpc) is 2.95. The molecule has 192 valence electrons. The second-order valence-corrected chi connectivity index (χ2v) is 10.0. The minimum atomic E-state index is 0.0153. The second-order valence-electron chi connectivity index (χ2n) is 10.0. The van der Waals surface area contributed by atoms with Gasteiger partial charge in [-0.1, -0.05) is 67.5 Å². The molecule has 3 aromatic carbocycles.